The highest BCUT2D eigenvalue weighted by molar-refractivity contribution is 9.11. The van der Waals surface area contributed by atoms with E-state index in [0.717, 1.165) is 24.3 Å². The van der Waals surface area contributed by atoms with Crippen LogP contribution in [0.2, 0.25) is 0 Å². The lowest BCUT2D eigenvalue weighted by molar-refractivity contribution is 0.177. The van der Waals surface area contributed by atoms with Crippen LogP contribution in [-0.4, -0.2) is 6.54 Å². The number of halogens is 1. The summed E-state index contributed by atoms with van der Waals surface area (Å²) in [6.45, 7) is 8.09. The van der Waals surface area contributed by atoms with Crippen molar-refractivity contribution in [3.63, 3.8) is 0 Å². The summed E-state index contributed by atoms with van der Waals surface area (Å²) in [5.41, 5.74) is 1.47. The number of hydrogen-bond donors (Lipinski definition) is 1. The molecule has 18 heavy (non-hydrogen) atoms. The lowest BCUT2D eigenvalue weighted by Crippen LogP contribution is -2.33. The molecule has 0 aliphatic heterocycles. The average molecular weight is 330 g/mol. The second-order valence-corrected chi connectivity index (χ2v) is 8.19. The molecule has 0 saturated heterocycles. The first kappa shape index (κ1) is 14.5. The predicted molar refractivity (Wildman–Crippen MR) is 84.1 cm³/mol. The third-order valence-electron chi connectivity index (χ3n) is 4.06. The van der Waals surface area contributed by atoms with Gasteiger partial charge in [0, 0.05) is 6.04 Å². The van der Waals surface area contributed by atoms with Crippen LogP contribution in [0, 0.1) is 17.8 Å². The van der Waals surface area contributed by atoms with Gasteiger partial charge in [-0.3, -0.25) is 0 Å². The normalized spacial score (nSPS) is 30.3. The molecule has 1 aromatic heterocycles. The van der Waals surface area contributed by atoms with E-state index in [4.69, 9.17) is 0 Å². The van der Waals surface area contributed by atoms with E-state index in [1.165, 1.54) is 28.6 Å². The van der Waals surface area contributed by atoms with Gasteiger partial charge < -0.3 is 5.32 Å². The number of nitrogens with one attached hydrogen (secondary N) is 1. The summed E-state index contributed by atoms with van der Waals surface area (Å²) in [6.07, 6.45) is 4.15. The molecular weight excluding hydrogens is 306 g/mol. The van der Waals surface area contributed by atoms with Gasteiger partial charge in [-0.05, 0) is 76.5 Å². The topological polar surface area (TPSA) is 12.0 Å². The Labute approximate surface area is 123 Å². The Morgan fingerprint density at radius 2 is 2.00 bits per heavy atom. The van der Waals surface area contributed by atoms with Crippen molar-refractivity contribution in [2.75, 3.05) is 6.54 Å². The van der Waals surface area contributed by atoms with Gasteiger partial charge in [-0.2, -0.15) is 0 Å². The van der Waals surface area contributed by atoms with Crippen molar-refractivity contribution >= 4 is 27.3 Å². The highest BCUT2D eigenvalue weighted by Crippen LogP contribution is 2.41. The fourth-order valence-electron chi connectivity index (χ4n) is 3.54. The van der Waals surface area contributed by atoms with Crippen LogP contribution >= 0.6 is 27.3 Å². The largest absolute Gasteiger partial charge is 0.310 e. The number of rotatable bonds is 4. The maximum Gasteiger partial charge on any atom is 0.0701 e. The van der Waals surface area contributed by atoms with Crippen LogP contribution in [0.1, 0.15) is 51.6 Å². The van der Waals surface area contributed by atoms with Gasteiger partial charge in [0.15, 0.2) is 0 Å². The molecule has 0 bridgehead atoms. The smallest absolute Gasteiger partial charge is 0.0701 e. The van der Waals surface area contributed by atoms with Gasteiger partial charge in [0.2, 0.25) is 0 Å². The molecule has 3 atom stereocenters. The maximum absolute atomic E-state index is 3.71. The van der Waals surface area contributed by atoms with Crippen molar-refractivity contribution in [1.82, 2.24) is 5.32 Å². The Hall–Kier alpha value is 0.140. The molecule has 0 spiro atoms. The summed E-state index contributed by atoms with van der Waals surface area (Å²) in [4.78, 5) is 0. The lowest BCUT2D eigenvalue weighted by atomic mass is 9.72. The highest BCUT2D eigenvalue weighted by Gasteiger charge is 2.30. The first-order valence-corrected chi connectivity index (χ1v) is 8.74. The molecule has 0 amide bonds. The molecule has 1 aromatic rings. The van der Waals surface area contributed by atoms with E-state index in [1.807, 2.05) is 0 Å². The highest BCUT2D eigenvalue weighted by atomic mass is 79.9. The van der Waals surface area contributed by atoms with E-state index >= 15 is 0 Å². The maximum atomic E-state index is 3.71. The Morgan fingerprint density at radius 1 is 1.33 bits per heavy atom. The summed E-state index contributed by atoms with van der Waals surface area (Å²) in [7, 11) is 0. The molecule has 102 valence electrons. The summed E-state index contributed by atoms with van der Waals surface area (Å²) in [5, 5.41) is 6.02. The van der Waals surface area contributed by atoms with Gasteiger partial charge in [-0.15, -0.1) is 11.3 Å². The summed E-state index contributed by atoms with van der Waals surface area (Å²) in [5.74, 6) is 2.55. The van der Waals surface area contributed by atoms with Gasteiger partial charge in [-0.1, -0.05) is 20.8 Å². The fraction of sp³-hybridized carbons (Fsp3) is 0.733. The Bertz CT molecular complexity index is 366. The fourth-order valence-corrected chi connectivity index (χ4v) is 4.76. The van der Waals surface area contributed by atoms with Crippen molar-refractivity contribution in [2.45, 2.75) is 46.1 Å². The standard InChI is InChI=1S/C15H24BrNS/c1-4-17-15(13-8-14(16)18-9-13)12-6-10(2)5-11(3)7-12/h8-12,15,17H,4-7H2,1-3H3. The molecule has 1 aliphatic carbocycles. The lowest BCUT2D eigenvalue weighted by Gasteiger charge is -2.36. The van der Waals surface area contributed by atoms with Crippen LogP contribution in [0.4, 0.5) is 0 Å². The Morgan fingerprint density at radius 3 is 2.50 bits per heavy atom. The van der Waals surface area contributed by atoms with Gasteiger partial charge in [-0.25, -0.2) is 0 Å². The molecule has 0 aromatic carbocycles. The molecule has 2 rings (SSSR count). The first-order chi connectivity index (χ1) is 8.60. The van der Waals surface area contributed by atoms with Crippen LogP contribution in [0.3, 0.4) is 0 Å². The van der Waals surface area contributed by atoms with E-state index in [0.29, 0.717) is 6.04 Å². The zero-order valence-corrected chi connectivity index (χ0v) is 14.0. The van der Waals surface area contributed by atoms with Crippen molar-refractivity contribution in [2.24, 2.45) is 17.8 Å². The second kappa shape index (κ2) is 6.53. The zero-order chi connectivity index (χ0) is 13.1. The summed E-state index contributed by atoms with van der Waals surface area (Å²) < 4.78 is 1.25. The van der Waals surface area contributed by atoms with Crippen molar-refractivity contribution < 1.29 is 0 Å². The predicted octanol–water partition coefficient (Wildman–Crippen LogP) is 5.23. The summed E-state index contributed by atoms with van der Waals surface area (Å²) >= 11 is 5.39. The zero-order valence-electron chi connectivity index (χ0n) is 11.6. The molecule has 3 heteroatoms. The van der Waals surface area contributed by atoms with Crippen LogP contribution in [0.25, 0.3) is 0 Å². The molecule has 1 fully saturated rings. The minimum atomic E-state index is 0.544. The molecule has 1 N–H and O–H groups in total. The summed E-state index contributed by atoms with van der Waals surface area (Å²) in [6, 6.07) is 2.84. The molecule has 3 unspecified atom stereocenters. The number of hydrogen-bond acceptors (Lipinski definition) is 2. The first-order valence-electron chi connectivity index (χ1n) is 7.07. The third kappa shape index (κ3) is 3.58. The quantitative estimate of drug-likeness (QED) is 0.797. The van der Waals surface area contributed by atoms with Gasteiger partial charge in [0.05, 0.1) is 3.79 Å². The van der Waals surface area contributed by atoms with Crippen LogP contribution in [-0.2, 0) is 0 Å². The average Bonchev–Trinajstić information content (AvgIpc) is 2.71. The molecule has 0 radical (unpaired) electrons. The van der Waals surface area contributed by atoms with E-state index in [9.17, 15) is 0 Å². The molecule has 1 nitrogen and oxygen atoms in total. The van der Waals surface area contributed by atoms with Crippen LogP contribution in [0.15, 0.2) is 15.2 Å². The molecule has 1 aliphatic rings. The molecular formula is C15H24BrNS. The number of thiophene rings is 1. The van der Waals surface area contributed by atoms with Gasteiger partial charge in [0.25, 0.3) is 0 Å². The SMILES string of the molecule is CCNC(c1csc(Br)c1)C1CC(C)CC(C)C1. The van der Waals surface area contributed by atoms with Crippen molar-refractivity contribution in [1.29, 1.82) is 0 Å². The van der Waals surface area contributed by atoms with Crippen molar-refractivity contribution in [3.8, 4) is 0 Å². The Kier molecular flexibility index (Phi) is 5.28. The second-order valence-electron chi connectivity index (χ2n) is 5.90. The van der Waals surface area contributed by atoms with E-state index in [2.05, 4.69) is 53.5 Å². The van der Waals surface area contributed by atoms with Gasteiger partial charge in [0.1, 0.15) is 0 Å². The minimum Gasteiger partial charge on any atom is -0.310 e. The van der Waals surface area contributed by atoms with E-state index in [1.54, 1.807) is 11.3 Å². The monoisotopic (exact) mass is 329 g/mol. The van der Waals surface area contributed by atoms with E-state index in [-0.39, 0.29) is 0 Å². The van der Waals surface area contributed by atoms with Crippen molar-refractivity contribution in [3.05, 3.63) is 20.8 Å². The van der Waals surface area contributed by atoms with Gasteiger partial charge >= 0.3 is 0 Å². The van der Waals surface area contributed by atoms with Crippen LogP contribution < -0.4 is 5.32 Å². The molecule has 1 saturated carbocycles. The molecule has 1 heterocycles. The third-order valence-corrected chi connectivity index (χ3v) is 5.58. The Balaban J connectivity index is 2.14. The van der Waals surface area contributed by atoms with E-state index < -0.39 is 0 Å². The minimum absolute atomic E-state index is 0.544. The van der Waals surface area contributed by atoms with Crippen LogP contribution in [0.5, 0.6) is 0 Å².